The monoisotopic (exact) mass is 266 g/mol. The maximum absolute atomic E-state index is 11.3. The van der Waals surface area contributed by atoms with Gasteiger partial charge in [0.15, 0.2) is 0 Å². The molecule has 2 aromatic rings. The van der Waals surface area contributed by atoms with Crippen molar-refractivity contribution in [3.05, 3.63) is 64.7 Å². The molecule has 0 aromatic heterocycles. The van der Waals surface area contributed by atoms with Gasteiger partial charge in [0.1, 0.15) is 11.3 Å². The van der Waals surface area contributed by atoms with E-state index in [2.05, 4.69) is 0 Å². The Balaban J connectivity index is 1.97. The smallest absolute Gasteiger partial charge is 0.339 e. The van der Waals surface area contributed by atoms with Crippen LogP contribution in [0.25, 0.3) is 12.2 Å². The largest absolute Gasteiger partial charge is 0.492 e. The summed E-state index contributed by atoms with van der Waals surface area (Å²) in [7, 11) is 0. The minimum absolute atomic E-state index is 0.243. The molecule has 1 aliphatic rings. The number of ether oxygens (including phenoxy) is 1. The fraction of sp³-hybridized carbons (Fsp3) is 0.118. The molecule has 1 heterocycles. The highest BCUT2D eigenvalue weighted by Gasteiger charge is 2.21. The molecule has 0 unspecified atom stereocenters. The molecule has 3 heteroatoms. The van der Waals surface area contributed by atoms with Crippen molar-refractivity contribution in [3.8, 4) is 5.75 Å². The number of aromatic carboxylic acids is 1. The Bertz CT molecular complexity index is 672. The number of fused-ring (bicyclic) bond motifs is 1. The summed E-state index contributed by atoms with van der Waals surface area (Å²) < 4.78 is 5.40. The predicted molar refractivity (Wildman–Crippen MR) is 78.0 cm³/mol. The van der Waals surface area contributed by atoms with E-state index in [0.717, 1.165) is 23.1 Å². The van der Waals surface area contributed by atoms with Crippen molar-refractivity contribution in [2.24, 2.45) is 0 Å². The first-order chi connectivity index (χ1) is 9.74. The quantitative estimate of drug-likeness (QED) is 0.865. The third-order valence-electron chi connectivity index (χ3n) is 3.30. The van der Waals surface area contributed by atoms with Gasteiger partial charge in [0.25, 0.3) is 0 Å². The summed E-state index contributed by atoms with van der Waals surface area (Å²) in [6.45, 7) is 0.557. The van der Waals surface area contributed by atoms with Crippen LogP contribution in [-0.2, 0) is 6.42 Å². The third-order valence-corrected chi connectivity index (χ3v) is 3.30. The highest BCUT2D eigenvalue weighted by atomic mass is 16.5. The van der Waals surface area contributed by atoms with E-state index in [9.17, 15) is 9.90 Å². The Labute approximate surface area is 117 Å². The molecule has 3 rings (SSSR count). The number of hydrogen-bond donors (Lipinski definition) is 1. The lowest BCUT2D eigenvalue weighted by Gasteiger charge is -2.05. The van der Waals surface area contributed by atoms with Crippen LogP contribution in [0.5, 0.6) is 5.75 Å². The zero-order valence-electron chi connectivity index (χ0n) is 10.9. The summed E-state index contributed by atoms with van der Waals surface area (Å²) in [5.74, 6) is -0.424. The molecule has 0 bridgehead atoms. The van der Waals surface area contributed by atoms with E-state index in [-0.39, 0.29) is 5.56 Å². The second-order valence-electron chi connectivity index (χ2n) is 4.70. The van der Waals surface area contributed by atoms with Crippen LogP contribution in [0.3, 0.4) is 0 Å². The molecule has 0 saturated carbocycles. The van der Waals surface area contributed by atoms with Crippen LogP contribution >= 0.6 is 0 Å². The maximum Gasteiger partial charge on any atom is 0.339 e. The van der Waals surface area contributed by atoms with Gasteiger partial charge in [-0.05, 0) is 28.8 Å². The van der Waals surface area contributed by atoms with E-state index in [1.807, 2.05) is 48.6 Å². The topological polar surface area (TPSA) is 46.5 Å². The minimum Gasteiger partial charge on any atom is -0.492 e. The van der Waals surface area contributed by atoms with Crippen molar-refractivity contribution in [1.29, 1.82) is 0 Å². The van der Waals surface area contributed by atoms with E-state index < -0.39 is 5.97 Å². The van der Waals surface area contributed by atoms with Gasteiger partial charge in [-0.15, -0.1) is 0 Å². The maximum atomic E-state index is 11.3. The standard InChI is InChI=1S/C17H14O3/c18-17(19)15-11-13(10-14-8-9-20-16(14)15)7-6-12-4-2-1-3-5-12/h1-7,10-11H,8-9H2,(H,18,19). The second kappa shape index (κ2) is 5.21. The Morgan fingerprint density at radius 1 is 1.10 bits per heavy atom. The Kier molecular flexibility index (Phi) is 3.25. The zero-order valence-corrected chi connectivity index (χ0v) is 10.9. The van der Waals surface area contributed by atoms with E-state index in [4.69, 9.17) is 4.74 Å². The van der Waals surface area contributed by atoms with Crippen molar-refractivity contribution < 1.29 is 14.6 Å². The average Bonchev–Trinajstić information content (AvgIpc) is 2.93. The minimum atomic E-state index is -0.946. The Morgan fingerprint density at radius 3 is 2.60 bits per heavy atom. The lowest BCUT2D eigenvalue weighted by atomic mass is 10.0. The SMILES string of the molecule is O=C(O)c1cc(C=Cc2ccccc2)cc2c1OCC2. The number of carbonyl (C=O) groups is 1. The molecular formula is C17H14O3. The number of carboxylic acid groups (broad SMARTS) is 1. The average molecular weight is 266 g/mol. The van der Waals surface area contributed by atoms with Gasteiger partial charge in [0.05, 0.1) is 6.61 Å². The van der Waals surface area contributed by atoms with Crippen LogP contribution in [0, 0.1) is 0 Å². The molecule has 2 aromatic carbocycles. The molecular weight excluding hydrogens is 252 g/mol. The summed E-state index contributed by atoms with van der Waals surface area (Å²) >= 11 is 0. The molecule has 0 aliphatic carbocycles. The highest BCUT2D eigenvalue weighted by molar-refractivity contribution is 5.93. The van der Waals surface area contributed by atoms with Crippen molar-refractivity contribution in [3.63, 3.8) is 0 Å². The first-order valence-corrected chi connectivity index (χ1v) is 6.50. The van der Waals surface area contributed by atoms with Gasteiger partial charge in [0, 0.05) is 6.42 Å². The molecule has 0 atom stereocenters. The number of benzene rings is 2. The lowest BCUT2D eigenvalue weighted by molar-refractivity contribution is 0.0693. The van der Waals surface area contributed by atoms with E-state index in [1.165, 1.54) is 0 Å². The van der Waals surface area contributed by atoms with Crippen molar-refractivity contribution >= 4 is 18.1 Å². The van der Waals surface area contributed by atoms with Gasteiger partial charge in [-0.1, -0.05) is 42.5 Å². The fourth-order valence-corrected chi connectivity index (χ4v) is 2.34. The summed E-state index contributed by atoms with van der Waals surface area (Å²) in [6.07, 6.45) is 4.67. The molecule has 0 radical (unpaired) electrons. The van der Waals surface area contributed by atoms with E-state index in [1.54, 1.807) is 6.07 Å². The predicted octanol–water partition coefficient (Wildman–Crippen LogP) is 3.49. The number of hydrogen-bond acceptors (Lipinski definition) is 2. The molecule has 1 N–H and O–H groups in total. The molecule has 0 fully saturated rings. The molecule has 100 valence electrons. The molecule has 20 heavy (non-hydrogen) atoms. The molecule has 0 amide bonds. The van der Waals surface area contributed by atoms with Crippen LogP contribution < -0.4 is 4.74 Å². The van der Waals surface area contributed by atoms with Crippen LogP contribution in [-0.4, -0.2) is 17.7 Å². The molecule has 0 spiro atoms. The van der Waals surface area contributed by atoms with Gasteiger partial charge < -0.3 is 9.84 Å². The summed E-state index contributed by atoms with van der Waals surface area (Å²) in [5, 5.41) is 9.25. The normalized spacial score (nSPS) is 13.2. The zero-order chi connectivity index (χ0) is 13.9. The Hall–Kier alpha value is -2.55. The first kappa shape index (κ1) is 12.5. The highest BCUT2D eigenvalue weighted by Crippen LogP contribution is 2.31. The summed E-state index contributed by atoms with van der Waals surface area (Å²) in [6, 6.07) is 13.6. The van der Waals surface area contributed by atoms with E-state index >= 15 is 0 Å². The van der Waals surface area contributed by atoms with Crippen LogP contribution in [0.2, 0.25) is 0 Å². The van der Waals surface area contributed by atoms with Crippen molar-refractivity contribution in [2.75, 3.05) is 6.61 Å². The number of rotatable bonds is 3. The summed E-state index contributed by atoms with van der Waals surface area (Å²) in [5.41, 5.74) is 3.18. The Morgan fingerprint density at radius 2 is 1.85 bits per heavy atom. The van der Waals surface area contributed by atoms with Crippen LogP contribution in [0.1, 0.15) is 27.0 Å². The number of carboxylic acids is 1. The van der Waals surface area contributed by atoms with Crippen LogP contribution in [0.15, 0.2) is 42.5 Å². The fourth-order valence-electron chi connectivity index (χ4n) is 2.34. The second-order valence-corrected chi connectivity index (χ2v) is 4.70. The molecule has 3 nitrogen and oxygen atoms in total. The molecule has 1 aliphatic heterocycles. The van der Waals surface area contributed by atoms with Gasteiger partial charge in [-0.3, -0.25) is 0 Å². The molecule has 0 saturated heterocycles. The van der Waals surface area contributed by atoms with Crippen molar-refractivity contribution in [2.45, 2.75) is 6.42 Å². The first-order valence-electron chi connectivity index (χ1n) is 6.50. The van der Waals surface area contributed by atoms with Gasteiger partial charge in [0.2, 0.25) is 0 Å². The lowest BCUT2D eigenvalue weighted by Crippen LogP contribution is -2.00. The van der Waals surface area contributed by atoms with Crippen LogP contribution in [0.4, 0.5) is 0 Å². The van der Waals surface area contributed by atoms with Gasteiger partial charge >= 0.3 is 5.97 Å². The van der Waals surface area contributed by atoms with Crippen molar-refractivity contribution in [1.82, 2.24) is 0 Å². The summed E-state index contributed by atoms with van der Waals surface area (Å²) in [4.78, 5) is 11.3. The van der Waals surface area contributed by atoms with E-state index in [0.29, 0.717) is 12.4 Å². The third kappa shape index (κ3) is 2.43. The van der Waals surface area contributed by atoms with Gasteiger partial charge in [-0.25, -0.2) is 4.79 Å². The van der Waals surface area contributed by atoms with Gasteiger partial charge in [-0.2, -0.15) is 0 Å².